The molecule has 1 saturated carbocycles. The van der Waals surface area contributed by atoms with Gasteiger partial charge in [0.2, 0.25) is 21.8 Å². The van der Waals surface area contributed by atoms with Crippen molar-refractivity contribution in [1.29, 1.82) is 0 Å². The number of amides is 2. The van der Waals surface area contributed by atoms with Crippen LogP contribution in [0.5, 0.6) is 0 Å². The molecule has 0 N–H and O–H groups in total. The normalized spacial score (nSPS) is 23.8. The Morgan fingerprint density at radius 2 is 1.52 bits per heavy atom. The molecule has 0 aromatic heterocycles. The van der Waals surface area contributed by atoms with Gasteiger partial charge in [0.05, 0.1) is 5.92 Å². The maximum absolute atomic E-state index is 13.9. The van der Waals surface area contributed by atoms with Gasteiger partial charge in [0.1, 0.15) is 10.7 Å². The molecule has 0 radical (unpaired) electrons. The first kappa shape index (κ1) is 20.3. The quantitative estimate of drug-likeness (QED) is 0.732. The molecule has 1 unspecified atom stereocenters. The van der Waals surface area contributed by atoms with E-state index in [2.05, 4.69) is 0 Å². The van der Waals surface area contributed by atoms with E-state index in [0.29, 0.717) is 13.1 Å². The lowest BCUT2D eigenvalue weighted by Crippen LogP contribution is -2.54. The predicted octanol–water partition coefficient (Wildman–Crippen LogP) is 1.31. The number of halogens is 1. The smallest absolute Gasteiger partial charge is 0.246 e. The Bertz CT molecular complexity index is 895. The van der Waals surface area contributed by atoms with E-state index >= 15 is 0 Å². The third kappa shape index (κ3) is 4.16. The first-order valence-corrected chi connectivity index (χ1v) is 11.6. The number of rotatable bonds is 4. The van der Waals surface area contributed by atoms with Crippen LogP contribution in [0.1, 0.15) is 25.7 Å². The number of carbonyl (C=O) groups is 2. The molecule has 7 nitrogen and oxygen atoms in total. The first-order valence-electron chi connectivity index (χ1n) is 10.2. The van der Waals surface area contributed by atoms with Crippen molar-refractivity contribution < 1.29 is 22.4 Å². The Hall–Kier alpha value is -2.00. The Kier molecular flexibility index (Phi) is 5.61. The largest absolute Gasteiger partial charge is 0.342 e. The standard InChI is InChI=1S/C20H26FN3O4S/c21-17-5-1-2-6-18(17)29(27,28)24-12-10-22(11-13-24)20(26)16-4-3-9-23(14-16)19(25)15-7-8-15/h1-2,5-6,15-16H,3-4,7-14H2. The second-order valence-electron chi connectivity index (χ2n) is 8.06. The third-order valence-electron chi connectivity index (χ3n) is 6.01. The molecule has 29 heavy (non-hydrogen) atoms. The summed E-state index contributed by atoms with van der Waals surface area (Å²) >= 11 is 0. The van der Waals surface area contributed by atoms with Gasteiger partial charge in [-0.3, -0.25) is 9.59 Å². The van der Waals surface area contributed by atoms with Gasteiger partial charge in [0, 0.05) is 45.2 Å². The molecule has 3 fully saturated rings. The zero-order chi connectivity index (χ0) is 20.6. The number of hydrogen-bond acceptors (Lipinski definition) is 4. The molecule has 4 rings (SSSR count). The van der Waals surface area contributed by atoms with Gasteiger partial charge in [0.25, 0.3) is 0 Å². The van der Waals surface area contributed by atoms with Crippen molar-refractivity contribution in [2.75, 3.05) is 39.3 Å². The molecule has 2 heterocycles. The van der Waals surface area contributed by atoms with Crippen LogP contribution in [-0.4, -0.2) is 73.6 Å². The number of benzene rings is 1. The molecule has 9 heteroatoms. The van der Waals surface area contributed by atoms with Crippen LogP contribution in [0, 0.1) is 17.7 Å². The summed E-state index contributed by atoms with van der Waals surface area (Å²) in [5.41, 5.74) is 0. The van der Waals surface area contributed by atoms with Crippen LogP contribution in [0.3, 0.4) is 0 Å². The number of hydrogen-bond donors (Lipinski definition) is 0. The molecule has 3 aliphatic rings. The number of piperazine rings is 1. The highest BCUT2D eigenvalue weighted by Crippen LogP contribution is 2.33. The van der Waals surface area contributed by atoms with Gasteiger partial charge in [-0.15, -0.1) is 0 Å². The number of sulfonamides is 1. The monoisotopic (exact) mass is 423 g/mol. The highest BCUT2D eigenvalue weighted by molar-refractivity contribution is 7.89. The number of carbonyl (C=O) groups excluding carboxylic acids is 2. The molecule has 2 amide bonds. The summed E-state index contributed by atoms with van der Waals surface area (Å²) in [4.78, 5) is 28.4. The SMILES string of the molecule is O=C(C1CCCN(C(=O)C2CC2)C1)N1CCN(S(=O)(=O)c2ccccc2F)CC1. The fourth-order valence-electron chi connectivity index (χ4n) is 4.17. The molecule has 1 aromatic rings. The minimum absolute atomic E-state index is 0.0127. The molecule has 1 aromatic carbocycles. The fourth-order valence-corrected chi connectivity index (χ4v) is 5.65. The summed E-state index contributed by atoms with van der Waals surface area (Å²) in [7, 11) is -3.92. The van der Waals surface area contributed by atoms with Crippen molar-refractivity contribution in [3.05, 3.63) is 30.1 Å². The maximum atomic E-state index is 13.9. The summed E-state index contributed by atoms with van der Waals surface area (Å²) in [6.07, 6.45) is 3.47. The maximum Gasteiger partial charge on any atom is 0.246 e. The fraction of sp³-hybridized carbons (Fsp3) is 0.600. The van der Waals surface area contributed by atoms with Crippen molar-refractivity contribution >= 4 is 21.8 Å². The third-order valence-corrected chi connectivity index (χ3v) is 7.95. The van der Waals surface area contributed by atoms with E-state index in [4.69, 9.17) is 0 Å². The minimum Gasteiger partial charge on any atom is -0.342 e. The van der Waals surface area contributed by atoms with Gasteiger partial charge in [-0.25, -0.2) is 12.8 Å². The highest BCUT2D eigenvalue weighted by atomic mass is 32.2. The van der Waals surface area contributed by atoms with Crippen molar-refractivity contribution in [2.45, 2.75) is 30.6 Å². The van der Waals surface area contributed by atoms with Crippen LogP contribution in [0.2, 0.25) is 0 Å². The zero-order valence-electron chi connectivity index (χ0n) is 16.3. The van der Waals surface area contributed by atoms with E-state index < -0.39 is 15.8 Å². The Balaban J connectivity index is 1.36. The molecule has 2 saturated heterocycles. The number of likely N-dealkylation sites (tertiary alicyclic amines) is 1. The highest BCUT2D eigenvalue weighted by Gasteiger charge is 2.39. The van der Waals surface area contributed by atoms with E-state index in [1.807, 2.05) is 4.90 Å². The van der Waals surface area contributed by atoms with Gasteiger partial charge in [-0.05, 0) is 37.8 Å². The average Bonchev–Trinajstić information content (AvgIpc) is 3.58. The van der Waals surface area contributed by atoms with Gasteiger partial charge in [-0.2, -0.15) is 4.31 Å². The predicted molar refractivity (Wildman–Crippen MR) is 104 cm³/mol. The summed E-state index contributed by atoms with van der Waals surface area (Å²) < 4.78 is 40.6. The van der Waals surface area contributed by atoms with Gasteiger partial charge >= 0.3 is 0 Å². The first-order chi connectivity index (χ1) is 13.9. The lowest BCUT2D eigenvalue weighted by atomic mass is 9.96. The van der Waals surface area contributed by atoms with Gasteiger partial charge in [0.15, 0.2) is 0 Å². The second-order valence-corrected chi connectivity index (χ2v) is 9.96. The number of piperidine rings is 1. The molecule has 2 aliphatic heterocycles. The second kappa shape index (κ2) is 8.02. The summed E-state index contributed by atoms with van der Waals surface area (Å²) in [5, 5.41) is 0. The number of nitrogens with zero attached hydrogens (tertiary/aromatic N) is 3. The van der Waals surface area contributed by atoms with E-state index in [9.17, 15) is 22.4 Å². The topological polar surface area (TPSA) is 78.0 Å². The Morgan fingerprint density at radius 3 is 2.17 bits per heavy atom. The molecule has 1 atom stereocenters. The van der Waals surface area contributed by atoms with Gasteiger partial charge < -0.3 is 9.80 Å². The average molecular weight is 424 g/mol. The van der Waals surface area contributed by atoms with Crippen LogP contribution in [0.15, 0.2) is 29.2 Å². The molecular formula is C20H26FN3O4S. The lowest BCUT2D eigenvalue weighted by Gasteiger charge is -2.38. The summed E-state index contributed by atoms with van der Waals surface area (Å²) in [5.74, 6) is -0.685. The summed E-state index contributed by atoms with van der Waals surface area (Å²) in [6.45, 7) is 2.01. The zero-order valence-corrected chi connectivity index (χ0v) is 17.1. The Morgan fingerprint density at radius 1 is 0.862 bits per heavy atom. The van der Waals surface area contributed by atoms with Crippen molar-refractivity contribution in [1.82, 2.24) is 14.1 Å². The van der Waals surface area contributed by atoms with Crippen LogP contribution >= 0.6 is 0 Å². The Labute approximate surface area is 170 Å². The van der Waals surface area contributed by atoms with E-state index in [1.54, 1.807) is 4.90 Å². The van der Waals surface area contributed by atoms with Crippen molar-refractivity contribution in [3.63, 3.8) is 0 Å². The summed E-state index contributed by atoms with van der Waals surface area (Å²) in [6, 6.07) is 5.33. The van der Waals surface area contributed by atoms with E-state index in [1.165, 1.54) is 22.5 Å². The van der Waals surface area contributed by atoms with Crippen LogP contribution in [-0.2, 0) is 19.6 Å². The molecule has 1 aliphatic carbocycles. The molecule has 0 bridgehead atoms. The van der Waals surface area contributed by atoms with Crippen molar-refractivity contribution in [3.8, 4) is 0 Å². The van der Waals surface area contributed by atoms with Gasteiger partial charge in [-0.1, -0.05) is 12.1 Å². The molecule has 158 valence electrons. The van der Waals surface area contributed by atoms with Crippen LogP contribution < -0.4 is 0 Å². The van der Waals surface area contributed by atoms with E-state index in [-0.39, 0.29) is 54.7 Å². The van der Waals surface area contributed by atoms with Crippen molar-refractivity contribution in [2.24, 2.45) is 11.8 Å². The van der Waals surface area contributed by atoms with E-state index in [0.717, 1.165) is 31.7 Å². The molecular weight excluding hydrogens is 397 g/mol. The lowest BCUT2D eigenvalue weighted by molar-refractivity contribution is -0.142. The van der Waals surface area contributed by atoms with Crippen LogP contribution in [0.4, 0.5) is 4.39 Å². The minimum atomic E-state index is -3.92. The molecule has 0 spiro atoms. The van der Waals surface area contributed by atoms with Crippen LogP contribution in [0.25, 0.3) is 0 Å².